The van der Waals surface area contributed by atoms with Crippen molar-refractivity contribution in [2.24, 2.45) is 0 Å². The molecule has 280 valence electrons. The predicted molar refractivity (Wildman–Crippen MR) is 183 cm³/mol. The number of likely N-dealkylation sites (N-methyl/N-ethyl adjacent to an activating group) is 1. The zero-order valence-electron chi connectivity index (χ0n) is 27.6. The maximum atomic E-state index is 13.0. The molecule has 0 aliphatic heterocycles. The number of nitrogen functional groups attached to an aromatic ring is 1. The summed E-state index contributed by atoms with van der Waals surface area (Å²) in [5.74, 6) is -8.43. The number of carbonyl (C=O) groups is 7. The monoisotopic (exact) mass is 748 g/mol. The summed E-state index contributed by atoms with van der Waals surface area (Å²) < 4.78 is 0. The van der Waals surface area contributed by atoms with E-state index in [2.05, 4.69) is 30.9 Å². The molecule has 2 heterocycles. The molecule has 0 bridgehead atoms. The number of carboxylic acid groups (broad SMARTS) is 4. The Labute approximate surface area is 298 Å². The third-order valence-corrected chi connectivity index (χ3v) is 8.15. The Morgan fingerprint density at radius 1 is 0.865 bits per heavy atom. The highest BCUT2D eigenvalue weighted by molar-refractivity contribution is 6.34. The quantitative estimate of drug-likeness (QED) is 0.0722. The van der Waals surface area contributed by atoms with Gasteiger partial charge in [0.2, 0.25) is 17.8 Å². The fourth-order valence-electron chi connectivity index (χ4n) is 5.02. The molecule has 3 rings (SSSR count). The Hall–Kier alpha value is -6.18. The van der Waals surface area contributed by atoms with Crippen LogP contribution in [0.25, 0.3) is 11.0 Å². The molecule has 3 aromatic rings. The second kappa shape index (κ2) is 18.2. The topological polar surface area (TPSA) is 327 Å². The second-order valence-corrected chi connectivity index (χ2v) is 12.0. The Kier molecular flexibility index (Phi) is 14.1. The molecule has 0 saturated carbocycles. The highest BCUT2D eigenvalue weighted by Gasteiger charge is 2.27. The van der Waals surface area contributed by atoms with Crippen molar-refractivity contribution in [2.45, 2.75) is 63.1 Å². The molecule has 0 aliphatic carbocycles. The van der Waals surface area contributed by atoms with Gasteiger partial charge in [0.1, 0.15) is 23.8 Å². The van der Waals surface area contributed by atoms with Crippen LogP contribution in [0, 0.1) is 0 Å². The number of hydrogen-bond donors (Lipinski definition) is 10. The maximum Gasteiger partial charge on any atom is 0.326 e. The van der Waals surface area contributed by atoms with Crippen molar-refractivity contribution in [3.8, 4) is 0 Å². The number of aromatic nitrogens is 3. The van der Waals surface area contributed by atoms with Crippen LogP contribution in [0.4, 0.5) is 11.6 Å². The number of benzene rings is 1. The van der Waals surface area contributed by atoms with E-state index in [0.717, 1.165) is 0 Å². The molecule has 3 atom stereocenters. The van der Waals surface area contributed by atoms with Crippen molar-refractivity contribution in [3.05, 3.63) is 50.9 Å². The minimum absolute atomic E-state index is 0.00292. The number of carboxylic acids is 4. The molecule has 2 aromatic heterocycles. The number of anilines is 2. The number of halogens is 1. The molecular weight excluding hydrogens is 712 g/mol. The zero-order valence-corrected chi connectivity index (χ0v) is 28.4. The molecule has 0 saturated heterocycles. The second-order valence-electron chi connectivity index (χ2n) is 11.6. The van der Waals surface area contributed by atoms with Crippen LogP contribution < -0.4 is 32.1 Å². The fraction of sp³-hybridized carbons (Fsp3) is 0.387. The lowest BCUT2D eigenvalue weighted by Gasteiger charge is -2.20. The molecular formula is C31H37ClN8O12. The number of rotatable bonds is 20. The van der Waals surface area contributed by atoms with Crippen LogP contribution in [0.2, 0.25) is 5.02 Å². The Morgan fingerprint density at radius 3 is 1.92 bits per heavy atom. The number of hydrogen-bond acceptors (Lipinski definition) is 11. The summed E-state index contributed by atoms with van der Waals surface area (Å²) in [6.45, 7) is 0.428. The van der Waals surface area contributed by atoms with E-state index in [4.69, 9.17) is 27.5 Å². The summed E-state index contributed by atoms with van der Waals surface area (Å²) in [5, 5.41) is 43.9. The molecule has 0 aliphatic rings. The molecule has 3 amide bonds. The Morgan fingerprint density at radius 2 is 1.40 bits per heavy atom. The van der Waals surface area contributed by atoms with Gasteiger partial charge >= 0.3 is 23.9 Å². The summed E-state index contributed by atoms with van der Waals surface area (Å²) in [6, 6.07) is -0.235. The molecule has 0 unspecified atom stereocenters. The normalized spacial score (nSPS) is 12.7. The standard InChI is InChI=1S/C31H37ClN8O12/c1-40(11-10-14-13-34-25-24(14)27(46)39-31(33)38-25)15-2-3-16(17(32)12-15)26(45)37-20(30(51)52)5-8-22(42)35-18(28(47)48)4-7-21(41)36-19(29(49)50)6-9-23(43)44/h2-3,12-13,18-20H,4-11H2,1H3,(H,35,42)(H,36,41)(H,37,45)(H,43,44)(H,47,48)(H,49,50)(H,51,52)(H4,33,34,38,39,46)/t18-,19-,20-/m0/s1. The Bertz CT molecular complexity index is 1910. The van der Waals surface area contributed by atoms with Gasteiger partial charge in [-0.3, -0.25) is 29.0 Å². The zero-order chi connectivity index (χ0) is 38.7. The van der Waals surface area contributed by atoms with Crippen molar-refractivity contribution in [1.29, 1.82) is 0 Å². The smallest absolute Gasteiger partial charge is 0.326 e. The van der Waals surface area contributed by atoms with E-state index in [1.165, 1.54) is 12.1 Å². The van der Waals surface area contributed by atoms with Gasteiger partial charge in [-0.15, -0.1) is 0 Å². The number of aromatic amines is 2. The molecule has 52 heavy (non-hydrogen) atoms. The number of nitrogens with two attached hydrogens (primary N) is 1. The highest BCUT2D eigenvalue weighted by Crippen LogP contribution is 2.24. The molecule has 0 spiro atoms. The van der Waals surface area contributed by atoms with Gasteiger partial charge in [0.25, 0.3) is 11.5 Å². The van der Waals surface area contributed by atoms with Gasteiger partial charge in [-0.1, -0.05) is 11.6 Å². The minimum Gasteiger partial charge on any atom is -0.481 e. The third kappa shape index (κ3) is 11.4. The number of carbonyl (C=O) groups excluding carboxylic acids is 3. The van der Waals surface area contributed by atoms with E-state index in [0.29, 0.717) is 35.2 Å². The number of amides is 3. The first-order chi connectivity index (χ1) is 24.5. The fourth-order valence-corrected chi connectivity index (χ4v) is 5.28. The lowest BCUT2D eigenvalue weighted by molar-refractivity contribution is -0.144. The summed E-state index contributed by atoms with van der Waals surface area (Å²) in [5.41, 5.74) is 6.81. The number of H-pyrrole nitrogens is 2. The SMILES string of the molecule is CN(CCc1c[nH]c2nc(N)[nH]c(=O)c12)c1ccc(C(=O)N[C@@H](CCC(=O)N[C@@H](CCC(=O)N[C@@H](CCC(=O)O)C(=O)O)C(=O)O)C(=O)O)c(Cl)c1. The molecule has 20 nitrogen and oxygen atoms in total. The summed E-state index contributed by atoms with van der Waals surface area (Å²) in [7, 11) is 1.76. The lowest BCUT2D eigenvalue weighted by Crippen LogP contribution is -2.45. The van der Waals surface area contributed by atoms with Crippen molar-refractivity contribution >= 4 is 75.9 Å². The molecule has 1 aromatic carbocycles. The van der Waals surface area contributed by atoms with Crippen LogP contribution in [-0.2, 0) is 35.2 Å². The van der Waals surface area contributed by atoms with Crippen LogP contribution in [0.15, 0.2) is 29.2 Å². The Balaban J connectivity index is 1.53. The first kappa shape index (κ1) is 40.3. The third-order valence-electron chi connectivity index (χ3n) is 7.83. The van der Waals surface area contributed by atoms with Gasteiger partial charge in [0, 0.05) is 44.7 Å². The van der Waals surface area contributed by atoms with Gasteiger partial charge in [0.15, 0.2) is 0 Å². The van der Waals surface area contributed by atoms with Crippen LogP contribution in [0.5, 0.6) is 0 Å². The van der Waals surface area contributed by atoms with Gasteiger partial charge in [0.05, 0.1) is 16.0 Å². The first-order valence-corrected chi connectivity index (χ1v) is 16.0. The number of nitrogens with zero attached hydrogens (tertiary/aromatic N) is 2. The van der Waals surface area contributed by atoms with E-state index in [9.17, 15) is 48.6 Å². The predicted octanol–water partition coefficient (Wildman–Crippen LogP) is -0.0873. The highest BCUT2D eigenvalue weighted by atomic mass is 35.5. The van der Waals surface area contributed by atoms with E-state index >= 15 is 0 Å². The van der Waals surface area contributed by atoms with Crippen LogP contribution in [0.1, 0.15) is 54.4 Å². The molecule has 11 N–H and O–H groups in total. The van der Waals surface area contributed by atoms with E-state index < -0.39 is 98.2 Å². The molecule has 21 heteroatoms. The summed E-state index contributed by atoms with van der Waals surface area (Å²) in [6.07, 6.45) is -0.816. The van der Waals surface area contributed by atoms with Crippen LogP contribution >= 0.6 is 11.6 Å². The molecule has 0 fully saturated rings. The van der Waals surface area contributed by atoms with Gasteiger partial charge in [-0.25, -0.2) is 14.4 Å². The van der Waals surface area contributed by atoms with Crippen molar-refractivity contribution in [1.82, 2.24) is 30.9 Å². The average molecular weight is 749 g/mol. The number of fused-ring (bicyclic) bond motifs is 1. The van der Waals surface area contributed by atoms with E-state index in [-0.39, 0.29) is 22.1 Å². The largest absolute Gasteiger partial charge is 0.481 e. The lowest BCUT2D eigenvalue weighted by atomic mass is 10.1. The van der Waals surface area contributed by atoms with Crippen LogP contribution in [0.3, 0.4) is 0 Å². The molecule has 0 radical (unpaired) electrons. The summed E-state index contributed by atoms with van der Waals surface area (Å²) in [4.78, 5) is 107. The van der Waals surface area contributed by atoms with Gasteiger partial charge in [-0.05, 0) is 49.4 Å². The van der Waals surface area contributed by atoms with E-state index in [1.54, 1.807) is 19.3 Å². The van der Waals surface area contributed by atoms with Crippen LogP contribution in [-0.4, -0.2) is 109 Å². The summed E-state index contributed by atoms with van der Waals surface area (Å²) >= 11 is 6.38. The number of aliphatic carboxylic acids is 4. The first-order valence-electron chi connectivity index (χ1n) is 15.6. The average Bonchev–Trinajstić information content (AvgIpc) is 3.47. The van der Waals surface area contributed by atoms with E-state index in [1.807, 2.05) is 4.90 Å². The van der Waals surface area contributed by atoms with Crippen molar-refractivity contribution in [3.63, 3.8) is 0 Å². The van der Waals surface area contributed by atoms with Crippen molar-refractivity contribution < 1.29 is 54.0 Å². The maximum absolute atomic E-state index is 13.0. The number of nitrogens with one attached hydrogen (secondary N) is 5. The van der Waals surface area contributed by atoms with Crippen molar-refractivity contribution in [2.75, 3.05) is 24.2 Å². The van der Waals surface area contributed by atoms with Gasteiger partial charge < -0.3 is 52.0 Å². The van der Waals surface area contributed by atoms with Gasteiger partial charge in [-0.2, -0.15) is 4.98 Å². The minimum atomic E-state index is -1.60.